The summed E-state index contributed by atoms with van der Waals surface area (Å²) in [5, 5.41) is 9.03. The molecule has 0 aliphatic rings. The molecule has 0 N–H and O–H groups in total. The maximum absolute atomic E-state index is 9.03. The van der Waals surface area contributed by atoms with Gasteiger partial charge in [0.1, 0.15) is 0 Å². The second-order valence-corrected chi connectivity index (χ2v) is 4.45. The second kappa shape index (κ2) is 7.06. The Morgan fingerprint density at radius 2 is 1.94 bits per heavy atom. The number of hydrogen-bond donors (Lipinski definition) is 0. The summed E-state index contributed by atoms with van der Waals surface area (Å²) in [4.78, 5) is 0. The van der Waals surface area contributed by atoms with E-state index >= 15 is 0 Å². The van der Waals surface area contributed by atoms with Gasteiger partial charge in [0.05, 0.1) is 11.6 Å². The van der Waals surface area contributed by atoms with Gasteiger partial charge < -0.3 is 0 Å². The van der Waals surface area contributed by atoms with Crippen molar-refractivity contribution in [2.24, 2.45) is 0 Å². The molecule has 0 aliphatic carbocycles. The van der Waals surface area contributed by atoms with Crippen LogP contribution in [0.5, 0.6) is 0 Å². The molecule has 16 heavy (non-hydrogen) atoms. The first-order chi connectivity index (χ1) is 7.79. The average Bonchev–Trinajstić information content (AvgIpc) is 2.34. The first-order valence-corrected chi connectivity index (χ1v) is 6.28. The molecule has 86 valence electrons. The highest BCUT2D eigenvalue weighted by atomic mass is 14.3. The van der Waals surface area contributed by atoms with Gasteiger partial charge >= 0.3 is 0 Å². The minimum atomic E-state index is 0.507. The minimum absolute atomic E-state index is 0.507. The zero-order chi connectivity index (χ0) is 11.8. The molecule has 1 aromatic rings. The summed E-state index contributed by atoms with van der Waals surface area (Å²) in [5.74, 6) is 0.507. The van der Waals surface area contributed by atoms with Gasteiger partial charge in [-0.1, -0.05) is 57.7 Å². The Labute approximate surface area is 99.1 Å². The Bertz CT molecular complexity index is 349. The Kier molecular flexibility index (Phi) is 5.64. The maximum atomic E-state index is 9.03. The molecule has 0 spiro atoms. The van der Waals surface area contributed by atoms with E-state index in [1.165, 1.54) is 37.7 Å². The van der Waals surface area contributed by atoms with Crippen LogP contribution in [0.25, 0.3) is 0 Å². The van der Waals surface area contributed by atoms with E-state index in [0.29, 0.717) is 5.92 Å². The third-order valence-electron chi connectivity index (χ3n) is 3.10. The van der Waals surface area contributed by atoms with Gasteiger partial charge in [-0.2, -0.15) is 5.26 Å². The van der Waals surface area contributed by atoms with Gasteiger partial charge in [0.15, 0.2) is 0 Å². The van der Waals surface area contributed by atoms with Crippen LogP contribution in [-0.2, 0) is 0 Å². The van der Waals surface area contributed by atoms with Crippen molar-refractivity contribution in [2.45, 2.75) is 51.9 Å². The molecule has 1 rings (SSSR count). The summed E-state index contributed by atoms with van der Waals surface area (Å²) in [6, 6.07) is 10.2. The Morgan fingerprint density at radius 3 is 2.62 bits per heavy atom. The molecule has 0 fully saturated rings. The molecule has 0 saturated heterocycles. The predicted octanol–water partition coefficient (Wildman–Crippen LogP) is 4.63. The van der Waals surface area contributed by atoms with Crippen molar-refractivity contribution in [3.05, 3.63) is 35.4 Å². The summed E-state index contributed by atoms with van der Waals surface area (Å²) < 4.78 is 0. The van der Waals surface area contributed by atoms with Crippen molar-refractivity contribution in [1.29, 1.82) is 5.26 Å². The van der Waals surface area contributed by atoms with Crippen molar-refractivity contribution in [1.82, 2.24) is 0 Å². The molecule has 0 saturated carbocycles. The van der Waals surface area contributed by atoms with E-state index < -0.39 is 0 Å². The van der Waals surface area contributed by atoms with Crippen LogP contribution in [0.1, 0.15) is 63.0 Å². The molecular formula is C15H21N. The molecule has 0 bridgehead atoms. The molecular weight excluding hydrogens is 194 g/mol. The third kappa shape index (κ3) is 3.70. The van der Waals surface area contributed by atoms with E-state index in [9.17, 15) is 0 Å². The van der Waals surface area contributed by atoms with E-state index in [0.717, 1.165) is 5.56 Å². The van der Waals surface area contributed by atoms with Gasteiger partial charge in [0.2, 0.25) is 0 Å². The lowest BCUT2D eigenvalue weighted by molar-refractivity contribution is 0.579. The van der Waals surface area contributed by atoms with Crippen molar-refractivity contribution < 1.29 is 0 Å². The minimum Gasteiger partial charge on any atom is -0.192 e. The fourth-order valence-electron chi connectivity index (χ4n) is 2.06. The zero-order valence-corrected chi connectivity index (χ0v) is 10.4. The average molecular weight is 215 g/mol. The summed E-state index contributed by atoms with van der Waals surface area (Å²) in [6.07, 6.45) is 6.39. The summed E-state index contributed by atoms with van der Waals surface area (Å²) in [6.45, 7) is 4.45. The number of hydrogen-bond acceptors (Lipinski definition) is 1. The van der Waals surface area contributed by atoms with E-state index in [2.05, 4.69) is 26.0 Å². The van der Waals surface area contributed by atoms with Crippen LogP contribution in [0, 0.1) is 11.3 Å². The fourth-order valence-corrected chi connectivity index (χ4v) is 2.06. The smallest absolute Gasteiger partial charge is 0.0994 e. The van der Waals surface area contributed by atoms with Gasteiger partial charge in [0, 0.05) is 0 Å². The van der Waals surface area contributed by atoms with Crippen molar-refractivity contribution >= 4 is 0 Å². The van der Waals surface area contributed by atoms with Crippen molar-refractivity contribution in [3.8, 4) is 6.07 Å². The van der Waals surface area contributed by atoms with Gasteiger partial charge in [0.25, 0.3) is 0 Å². The van der Waals surface area contributed by atoms with Crippen LogP contribution in [0.3, 0.4) is 0 Å². The van der Waals surface area contributed by atoms with E-state index in [1.807, 2.05) is 18.2 Å². The standard InChI is InChI=1S/C15H21N/c1-3-4-5-6-9-13(2)15-11-8-7-10-14(15)12-16/h7-8,10-11,13H,3-6,9H2,1-2H3. The highest BCUT2D eigenvalue weighted by Gasteiger charge is 2.09. The molecule has 1 aromatic carbocycles. The number of nitrogens with zero attached hydrogens (tertiary/aromatic N) is 1. The first kappa shape index (κ1) is 12.8. The van der Waals surface area contributed by atoms with Gasteiger partial charge in [-0.3, -0.25) is 0 Å². The number of nitriles is 1. The summed E-state index contributed by atoms with van der Waals surface area (Å²) in [7, 11) is 0. The normalized spacial score (nSPS) is 12.1. The Morgan fingerprint density at radius 1 is 1.19 bits per heavy atom. The molecule has 0 amide bonds. The molecule has 1 atom stereocenters. The van der Waals surface area contributed by atoms with E-state index in [4.69, 9.17) is 5.26 Å². The highest BCUT2D eigenvalue weighted by Crippen LogP contribution is 2.24. The van der Waals surface area contributed by atoms with Gasteiger partial charge in [-0.25, -0.2) is 0 Å². The van der Waals surface area contributed by atoms with Gasteiger partial charge in [-0.05, 0) is 24.0 Å². The molecule has 1 nitrogen and oxygen atoms in total. The van der Waals surface area contributed by atoms with Crippen LogP contribution in [0.4, 0.5) is 0 Å². The number of rotatable bonds is 6. The molecule has 1 unspecified atom stereocenters. The lowest BCUT2D eigenvalue weighted by Gasteiger charge is -2.12. The Hall–Kier alpha value is -1.29. The van der Waals surface area contributed by atoms with Crippen LogP contribution in [0.2, 0.25) is 0 Å². The van der Waals surface area contributed by atoms with Crippen molar-refractivity contribution in [3.63, 3.8) is 0 Å². The van der Waals surface area contributed by atoms with Crippen molar-refractivity contribution in [2.75, 3.05) is 0 Å². The molecule has 0 heterocycles. The third-order valence-corrected chi connectivity index (χ3v) is 3.10. The SMILES string of the molecule is CCCCCCC(C)c1ccccc1C#N. The van der Waals surface area contributed by atoms with Gasteiger partial charge in [-0.15, -0.1) is 0 Å². The lowest BCUT2D eigenvalue weighted by Crippen LogP contribution is -1.97. The second-order valence-electron chi connectivity index (χ2n) is 4.45. The molecule has 1 heteroatoms. The molecule has 0 radical (unpaired) electrons. The lowest BCUT2D eigenvalue weighted by atomic mass is 9.91. The monoisotopic (exact) mass is 215 g/mol. The fraction of sp³-hybridized carbons (Fsp3) is 0.533. The first-order valence-electron chi connectivity index (χ1n) is 6.28. The predicted molar refractivity (Wildman–Crippen MR) is 68.3 cm³/mol. The molecule has 0 aliphatic heterocycles. The maximum Gasteiger partial charge on any atom is 0.0994 e. The topological polar surface area (TPSA) is 23.8 Å². The number of unbranched alkanes of at least 4 members (excludes halogenated alkanes) is 3. The molecule has 0 aromatic heterocycles. The highest BCUT2D eigenvalue weighted by molar-refractivity contribution is 5.39. The quantitative estimate of drug-likeness (QED) is 0.634. The van der Waals surface area contributed by atoms with Crippen LogP contribution >= 0.6 is 0 Å². The van der Waals surface area contributed by atoms with E-state index in [-0.39, 0.29) is 0 Å². The number of benzene rings is 1. The van der Waals surface area contributed by atoms with Crippen LogP contribution < -0.4 is 0 Å². The van der Waals surface area contributed by atoms with E-state index in [1.54, 1.807) is 0 Å². The summed E-state index contributed by atoms with van der Waals surface area (Å²) in [5.41, 5.74) is 2.05. The van der Waals surface area contributed by atoms with Crippen LogP contribution in [0.15, 0.2) is 24.3 Å². The zero-order valence-electron chi connectivity index (χ0n) is 10.4. The summed E-state index contributed by atoms with van der Waals surface area (Å²) >= 11 is 0. The Balaban J connectivity index is 2.52. The van der Waals surface area contributed by atoms with Crippen LogP contribution in [-0.4, -0.2) is 0 Å². The largest absolute Gasteiger partial charge is 0.192 e.